The summed E-state index contributed by atoms with van der Waals surface area (Å²) in [7, 11) is 0. The first kappa shape index (κ1) is 19.8. The van der Waals surface area contributed by atoms with Gasteiger partial charge in [0.15, 0.2) is 0 Å². The van der Waals surface area contributed by atoms with Gasteiger partial charge in [-0.05, 0) is 54.3 Å². The molecule has 0 radical (unpaired) electrons. The van der Waals surface area contributed by atoms with Gasteiger partial charge in [-0.2, -0.15) is 0 Å². The van der Waals surface area contributed by atoms with Crippen LogP contribution in [0.1, 0.15) is 12.5 Å². The first-order chi connectivity index (χ1) is 14.5. The number of nitrogens with zero attached hydrogens (tertiary/aromatic N) is 1. The van der Waals surface area contributed by atoms with Crippen molar-refractivity contribution in [1.29, 1.82) is 0 Å². The summed E-state index contributed by atoms with van der Waals surface area (Å²) in [5, 5.41) is 3.96. The molecule has 1 N–H and O–H groups in total. The molecule has 0 unspecified atom stereocenters. The molecule has 0 spiro atoms. The monoisotopic (exact) mass is 464 g/mol. The van der Waals surface area contributed by atoms with E-state index in [-0.39, 0.29) is 5.57 Å². The highest BCUT2D eigenvalue weighted by Crippen LogP contribution is 2.31. The lowest BCUT2D eigenvalue weighted by Crippen LogP contribution is -2.54. The molecule has 0 saturated carbocycles. The van der Waals surface area contributed by atoms with Crippen LogP contribution < -0.4 is 15.0 Å². The molecule has 0 atom stereocenters. The summed E-state index contributed by atoms with van der Waals surface area (Å²) < 4.78 is 6.49. The zero-order valence-corrected chi connectivity index (χ0v) is 17.6. The van der Waals surface area contributed by atoms with Crippen LogP contribution in [0.2, 0.25) is 0 Å². The Morgan fingerprint density at radius 1 is 0.967 bits per heavy atom. The number of carbonyl (C=O) groups is 3. The number of carbonyl (C=O) groups excluding carboxylic acids is 3. The van der Waals surface area contributed by atoms with E-state index in [9.17, 15) is 14.4 Å². The molecule has 0 aliphatic carbocycles. The van der Waals surface area contributed by atoms with Crippen LogP contribution >= 0.6 is 15.9 Å². The predicted octanol–water partition coefficient (Wildman–Crippen LogP) is 4.67. The van der Waals surface area contributed by atoms with Gasteiger partial charge in [0, 0.05) is 9.86 Å². The highest BCUT2D eigenvalue weighted by molar-refractivity contribution is 9.10. The van der Waals surface area contributed by atoms with Crippen LogP contribution in [0.25, 0.3) is 16.8 Å². The normalized spacial score (nSPS) is 15.6. The quantitative estimate of drug-likeness (QED) is 0.449. The van der Waals surface area contributed by atoms with Crippen molar-refractivity contribution in [3.05, 3.63) is 76.3 Å². The van der Waals surface area contributed by atoms with Crippen LogP contribution in [-0.4, -0.2) is 24.5 Å². The van der Waals surface area contributed by atoms with Crippen molar-refractivity contribution in [3.63, 3.8) is 0 Å². The number of benzene rings is 3. The minimum atomic E-state index is -0.777. The van der Waals surface area contributed by atoms with Gasteiger partial charge in [-0.25, -0.2) is 9.69 Å². The highest BCUT2D eigenvalue weighted by atomic mass is 79.9. The second-order valence-corrected chi connectivity index (χ2v) is 7.48. The number of fused-ring (bicyclic) bond motifs is 1. The van der Waals surface area contributed by atoms with E-state index in [1.807, 2.05) is 31.2 Å². The number of barbiturate groups is 1. The average Bonchev–Trinajstić information content (AvgIpc) is 2.74. The maximum absolute atomic E-state index is 13.1. The van der Waals surface area contributed by atoms with E-state index in [0.717, 1.165) is 25.9 Å². The molecule has 4 amide bonds. The molecule has 1 aliphatic heterocycles. The summed E-state index contributed by atoms with van der Waals surface area (Å²) in [6, 6.07) is 17.1. The SMILES string of the molecule is CCOc1ccc(/C=C2\C(=O)NC(=O)N(c3ccc(Br)cc3)C2=O)c2ccccc12. The molecule has 1 saturated heterocycles. The standard InChI is InChI=1S/C23H17BrN2O4/c1-2-30-20-12-7-14(17-5-3-4-6-18(17)20)13-19-21(27)25-23(29)26(22(19)28)16-10-8-15(24)9-11-16/h3-13H,2H2,1H3,(H,25,27,29)/b19-13+. The lowest BCUT2D eigenvalue weighted by molar-refractivity contribution is -0.122. The van der Waals surface area contributed by atoms with E-state index < -0.39 is 17.8 Å². The first-order valence-corrected chi connectivity index (χ1v) is 10.1. The molecule has 150 valence electrons. The lowest BCUT2D eigenvalue weighted by atomic mass is 10.00. The number of amides is 4. The van der Waals surface area contributed by atoms with E-state index in [2.05, 4.69) is 21.2 Å². The van der Waals surface area contributed by atoms with Crippen molar-refractivity contribution < 1.29 is 19.1 Å². The van der Waals surface area contributed by atoms with Gasteiger partial charge < -0.3 is 4.74 Å². The Bertz CT molecular complexity index is 1200. The molecule has 0 bridgehead atoms. The number of anilines is 1. The molecule has 3 aromatic rings. The summed E-state index contributed by atoms with van der Waals surface area (Å²) in [6.07, 6.45) is 1.51. The van der Waals surface area contributed by atoms with Crippen molar-refractivity contribution in [2.24, 2.45) is 0 Å². The fraction of sp³-hybridized carbons (Fsp3) is 0.0870. The number of hydrogen-bond acceptors (Lipinski definition) is 4. The number of rotatable bonds is 4. The van der Waals surface area contributed by atoms with E-state index in [4.69, 9.17) is 4.74 Å². The minimum absolute atomic E-state index is 0.119. The van der Waals surface area contributed by atoms with Gasteiger partial charge in [0.05, 0.1) is 12.3 Å². The second kappa shape index (κ2) is 8.12. The molecule has 6 nitrogen and oxygen atoms in total. The maximum Gasteiger partial charge on any atom is 0.335 e. The summed E-state index contributed by atoms with van der Waals surface area (Å²) in [6.45, 7) is 2.43. The molecule has 1 aliphatic rings. The summed E-state index contributed by atoms with van der Waals surface area (Å²) >= 11 is 3.33. The van der Waals surface area contributed by atoms with E-state index in [0.29, 0.717) is 17.9 Å². The summed E-state index contributed by atoms with van der Waals surface area (Å²) in [5.41, 5.74) is 0.931. The van der Waals surface area contributed by atoms with Crippen molar-refractivity contribution in [2.45, 2.75) is 6.92 Å². The fourth-order valence-corrected chi connectivity index (χ4v) is 3.60. The number of hydrogen-bond donors (Lipinski definition) is 1. The minimum Gasteiger partial charge on any atom is -0.493 e. The van der Waals surface area contributed by atoms with Crippen LogP contribution in [-0.2, 0) is 9.59 Å². The molecule has 4 rings (SSSR count). The largest absolute Gasteiger partial charge is 0.493 e. The maximum atomic E-state index is 13.1. The van der Waals surface area contributed by atoms with Crippen LogP contribution in [0.3, 0.4) is 0 Å². The van der Waals surface area contributed by atoms with Crippen molar-refractivity contribution in [1.82, 2.24) is 5.32 Å². The number of urea groups is 1. The number of halogens is 1. The number of nitrogens with one attached hydrogen (secondary N) is 1. The van der Waals surface area contributed by atoms with Gasteiger partial charge in [-0.15, -0.1) is 0 Å². The average molecular weight is 465 g/mol. The topological polar surface area (TPSA) is 75.7 Å². The summed E-state index contributed by atoms with van der Waals surface area (Å²) in [4.78, 5) is 38.9. The Balaban J connectivity index is 1.80. The van der Waals surface area contributed by atoms with Crippen LogP contribution in [0.4, 0.5) is 10.5 Å². The predicted molar refractivity (Wildman–Crippen MR) is 118 cm³/mol. The first-order valence-electron chi connectivity index (χ1n) is 9.31. The van der Waals surface area contributed by atoms with Gasteiger partial charge in [0.25, 0.3) is 11.8 Å². The molecule has 3 aromatic carbocycles. The zero-order chi connectivity index (χ0) is 21.3. The van der Waals surface area contributed by atoms with Crippen molar-refractivity contribution >= 4 is 56.3 Å². The lowest BCUT2D eigenvalue weighted by Gasteiger charge is -2.26. The van der Waals surface area contributed by atoms with E-state index in [1.54, 1.807) is 36.4 Å². The Kier molecular flexibility index (Phi) is 5.37. The van der Waals surface area contributed by atoms with Crippen LogP contribution in [0.15, 0.2) is 70.7 Å². The van der Waals surface area contributed by atoms with E-state index in [1.165, 1.54) is 6.08 Å². The van der Waals surface area contributed by atoms with Gasteiger partial charge >= 0.3 is 6.03 Å². The molecule has 7 heteroatoms. The van der Waals surface area contributed by atoms with Gasteiger partial charge in [0.1, 0.15) is 11.3 Å². The van der Waals surface area contributed by atoms with Crippen LogP contribution in [0.5, 0.6) is 5.75 Å². The highest BCUT2D eigenvalue weighted by Gasteiger charge is 2.36. The summed E-state index contributed by atoms with van der Waals surface area (Å²) in [5.74, 6) is -0.679. The fourth-order valence-electron chi connectivity index (χ4n) is 3.34. The second-order valence-electron chi connectivity index (χ2n) is 6.57. The molecule has 30 heavy (non-hydrogen) atoms. The Hall–Kier alpha value is -3.45. The molecule has 1 heterocycles. The third kappa shape index (κ3) is 3.59. The smallest absolute Gasteiger partial charge is 0.335 e. The molecule has 1 fully saturated rings. The van der Waals surface area contributed by atoms with Crippen LogP contribution in [0, 0.1) is 0 Å². The van der Waals surface area contributed by atoms with Gasteiger partial charge in [0.2, 0.25) is 0 Å². The molecule has 0 aromatic heterocycles. The van der Waals surface area contributed by atoms with Crippen molar-refractivity contribution in [3.8, 4) is 5.75 Å². The Morgan fingerprint density at radius 3 is 2.37 bits per heavy atom. The Morgan fingerprint density at radius 2 is 1.67 bits per heavy atom. The third-order valence-electron chi connectivity index (χ3n) is 4.70. The molecular weight excluding hydrogens is 448 g/mol. The Labute approximate surface area is 181 Å². The van der Waals surface area contributed by atoms with Gasteiger partial charge in [-0.1, -0.05) is 46.3 Å². The number of ether oxygens (including phenoxy) is 1. The van der Waals surface area contributed by atoms with Crippen molar-refractivity contribution in [2.75, 3.05) is 11.5 Å². The number of imide groups is 2. The third-order valence-corrected chi connectivity index (χ3v) is 5.23. The van der Waals surface area contributed by atoms with Gasteiger partial charge in [-0.3, -0.25) is 14.9 Å². The zero-order valence-electron chi connectivity index (χ0n) is 16.0. The molecular formula is C23H17BrN2O4. The van der Waals surface area contributed by atoms with E-state index >= 15 is 0 Å².